The Kier molecular flexibility index (Phi) is 6.05. The van der Waals surface area contributed by atoms with E-state index >= 15 is 0 Å². The van der Waals surface area contributed by atoms with Gasteiger partial charge < -0.3 is 10.2 Å². The van der Waals surface area contributed by atoms with Crippen LogP contribution in [-0.2, 0) is 6.54 Å². The molecule has 0 aliphatic rings. The van der Waals surface area contributed by atoms with Crippen molar-refractivity contribution in [2.75, 3.05) is 20.6 Å². The van der Waals surface area contributed by atoms with Gasteiger partial charge in [-0.05, 0) is 49.7 Å². The molecule has 1 N–H and O–H groups in total. The fraction of sp³-hybridized carbons (Fsp3) is 0.375. The predicted molar refractivity (Wildman–Crippen MR) is 88.5 cm³/mol. The molecule has 2 nitrogen and oxygen atoms in total. The van der Waals surface area contributed by atoms with Crippen molar-refractivity contribution in [3.05, 3.63) is 57.2 Å². The Morgan fingerprint density at radius 3 is 2.60 bits per heavy atom. The van der Waals surface area contributed by atoms with E-state index in [2.05, 4.69) is 46.9 Å². The molecule has 2 rings (SSSR count). The number of hydrogen-bond donors (Lipinski definition) is 1. The highest BCUT2D eigenvalue weighted by molar-refractivity contribution is 7.09. The number of rotatable bonds is 7. The van der Waals surface area contributed by atoms with Crippen LogP contribution in [0.5, 0.6) is 0 Å². The van der Waals surface area contributed by atoms with Crippen molar-refractivity contribution in [1.29, 1.82) is 0 Å². The predicted octanol–water partition coefficient (Wildman–Crippen LogP) is 4.18. The van der Waals surface area contributed by atoms with E-state index in [1.54, 1.807) is 0 Å². The van der Waals surface area contributed by atoms with Crippen LogP contribution in [0.15, 0.2) is 41.8 Å². The third kappa shape index (κ3) is 4.60. The largest absolute Gasteiger partial charge is 0.313 e. The first-order valence-corrected chi connectivity index (χ1v) is 8.08. The Balaban J connectivity index is 1.85. The van der Waals surface area contributed by atoms with E-state index in [9.17, 15) is 0 Å². The molecule has 1 aromatic carbocycles. The zero-order valence-electron chi connectivity index (χ0n) is 12.0. The third-order valence-electron chi connectivity index (χ3n) is 3.43. The molecule has 0 fully saturated rings. The first kappa shape index (κ1) is 15.5. The second-order valence-electron chi connectivity index (χ2n) is 5.00. The summed E-state index contributed by atoms with van der Waals surface area (Å²) in [7, 11) is 4.19. The van der Waals surface area contributed by atoms with Crippen LogP contribution in [0.1, 0.15) is 22.9 Å². The third-order valence-corrected chi connectivity index (χ3v) is 4.54. The van der Waals surface area contributed by atoms with Gasteiger partial charge in [-0.25, -0.2) is 0 Å². The molecular weight excluding hydrogens is 288 g/mol. The summed E-state index contributed by atoms with van der Waals surface area (Å²) in [5.41, 5.74) is 1.29. The summed E-state index contributed by atoms with van der Waals surface area (Å²) in [4.78, 5) is 3.78. The van der Waals surface area contributed by atoms with Crippen LogP contribution in [-0.4, -0.2) is 25.5 Å². The molecule has 1 heterocycles. The molecule has 4 heteroatoms. The van der Waals surface area contributed by atoms with Gasteiger partial charge in [0, 0.05) is 29.0 Å². The Hall–Kier alpha value is -0.870. The molecule has 0 amide bonds. The molecule has 0 bridgehead atoms. The van der Waals surface area contributed by atoms with Crippen molar-refractivity contribution in [2.45, 2.75) is 19.0 Å². The van der Waals surface area contributed by atoms with Crippen LogP contribution in [0, 0.1) is 0 Å². The fourth-order valence-corrected chi connectivity index (χ4v) is 3.18. The molecule has 108 valence electrons. The van der Waals surface area contributed by atoms with Gasteiger partial charge in [0.25, 0.3) is 0 Å². The Morgan fingerprint density at radius 1 is 1.25 bits per heavy atom. The van der Waals surface area contributed by atoms with Crippen LogP contribution < -0.4 is 5.32 Å². The number of benzene rings is 1. The zero-order valence-corrected chi connectivity index (χ0v) is 13.5. The van der Waals surface area contributed by atoms with Crippen molar-refractivity contribution in [2.24, 2.45) is 0 Å². The molecule has 1 aromatic heterocycles. The van der Waals surface area contributed by atoms with Gasteiger partial charge in [-0.2, -0.15) is 0 Å². The minimum atomic E-state index is 0.373. The van der Waals surface area contributed by atoms with E-state index in [1.807, 2.05) is 30.5 Å². The first-order valence-electron chi connectivity index (χ1n) is 6.82. The molecular formula is C16H21ClN2S. The Labute approximate surface area is 130 Å². The highest BCUT2D eigenvalue weighted by atomic mass is 35.5. The summed E-state index contributed by atoms with van der Waals surface area (Å²) in [5, 5.41) is 6.31. The minimum absolute atomic E-state index is 0.373. The van der Waals surface area contributed by atoms with Crippen molar-refractivity contribution >= 4 is 22.9 Å². The molecule has 1 atom stereocenters. The summed E-state index contributed by atoms with van der Waals surface area (Å²) in [5.74, 6) is 0. The second-order valence-corrected chi connectivity index (χ2v) is 6.47. The standard InChI is InChI=1S/C16H21ClN2S/c1-18-16(13-5-7-14(17)8-6-13)9-10-19(2)12-15-4-3-11-20-15/h3-8,11,16,18H,9-10,12H2,1-2H3. The van der Waals surface area contributed by atoms with E-state index in [0.29, 0.717) is 6.04 Å². The van der Waals surface area contributed by atoms with Crippen molar-refractivity contribution in [3.63, 3.8) is 0 Å². The summed E-state index contributed by atoms with van der Waals surface area (Å²) < 4.78 is 0. The Bertz CT molecular complexity index is 496. The van der Waals surface area contributed by atoms with Crippen molar-refractivity contribution in [1.82, 2.24) is 10.2 Å². The number of hydrogen-bond acceptors (Lipinski definition) is 3. The lowest BCUT2D eigenvalue weighted by atomic mass is 10.0. The highest BCUT2D eigenvalue weighted by Crippen LogP contribution is 2.20. The topological polar surface area (TPSA) is 15.3 Å². The maximum Gasteiger partial charge on any atom is 0.0406 e. The van der Waals surface area contributed by atoms with E-state index in [4.69, 9.17) is 11.6 Å². The summed E-state index contributed by atoms with van der Waals surface area (Å²) in [6.07, 6.45) is 1.08. The van der Waals surface area contributed by atoms with E-state index in [-0.39, 0.29) is 0 Å². The average Bonchev–Trinajstić information content (AvgIpc) is 2.94. The van der Waals surface area contributed by atoms with Crippen LogP contribution in [0.2, 0.25) is 5.02 Å². The lowest BCUT2D eigenvalue weighted by molar-refractivity contribution is 0.306. The van der Waals surface area contributed by atoms with Crippen LogP contribution in [0.3, 0.4) is 0 Å². The number of nitrogens with one attached hydrogen (secondary N) is 1. The maximum atomic E-state index is 5.94. The monoisotopic (exact) mass is 308 g/mol. The van der Waals surface area contributed by atoms with Crippen molar-refractivity contribution in [3.8, 4) is 0 Å². The average molecular weight is 309 g/mol. The smallest absolute Gasteiger partial charge is 0.0406 e. The normalized spacial score (nSPS) is 12.8. The summed E-state index contributed by atoms with van der Waals surface area (Å²) in [6.45, 7) is 2.08. The molecule has 0 saturated heterocycles. The molecule has 0 saturated carbocycles. The lowest BCUT2D eigenvalue weighted by Gasteiger charge is -2.21. The van der Waals surface area contributed by atoms with E-state index in [1.165, 1.54) is 10.4 Å². The van der Waals surface area contributed by atoms with Gasteiger partial charge in [-0.15, -0.1) is 11.3 Å². The van der Waals surface area contributed by atoms with Crippen LogP contribution in [0.25, 0.3) is 0 Å². The second kappa shape index (κ2) is 7.79. The van der Waals surface area contributed by atoms with E-state index in [0.717, 1.165) is 24.5 Å². The SMILES string of the molecule is CNC(CCN(C)Cc1cccs1)c1ccc(Cl)cc1. The highest BCUT2D eigenvalue weighted by Gasteiger charge is 2.10. The van der Waals surface area contributed by atoms with Crippen LogP contribution in [0.4, 0.5) is 0 Å². The molecule has 0 aliphatic heterocycles. The molecule has 20 heavy (non-hydrogen) atoms. The summed E-state index contributed by atoms with van der Waals surface area (Å²) >= 11 is 7.76. The van der Waals surface area contributed by atoms with Gasteiger partial charge in [0.15, 0.2) is 0 Å². The lowest BCUT2D eigenvalue weighted by Crippen LogP contribution is -2.25. The quantitative estimate of drug-likeness (QED) is 0.825. The fourth-order valence-electron chi connectivity index (χ4n) is 2.27. The molecule has 2 aromatic rings. The van der Waals surface area contributed by atoms with Gasteiger partial charge >= 0.3 is 0 Å². The maximum absolute atomic E-state index is 5.94. The van der Waals surface area contributed by atoms with Gasteiger partial charge in [0.05, 0.1) is 0 Å². The number of nitrogens with zero attached hydrogens (tertiary/aromatic N) is 1. The zero-order chi connectivity index (χ0) is 14.4. The number of halogens is 1. The van der Waals surface area contributed by atoms with Gasteiger partial charge in [0.1, 0.15) is 0 Å². The van der Waals surface area contributed by atoms with E-state index < -0.39 is 0 Å². The summed E-state index contributed by atoms with van der Waals surface area (Å²) in [6, 6.07) is 12.8. The number of thiophene rings is 1. The first-order chi connectivity index (χ1) is 9.69. The van der Waals surface area contributed by atoms with Crippen molar-refractivity contribution < 1.29 is 0 Å². The van der Waals surface area contributed by atoms with Gasteiger partial charge in [-0.1, -0.05) is 29.8 Å². The molecule has 0 aliphatic carbocycles. The molecule has 1 unspecified atom stereocenters. The molecule has 0 radical (unpaired) electrons. The van der Waals surface area contributed by atoms with Gasteiger partial charge in [-0.3, -0.25) is 0 Å². The van der Waals surface area contributed by atoms with Crippen LogP contribution >= 0.6 is 22.9 Å². The minimum Gasteiger partial charge on any atom is -0.313 e. The Morgan fingerprint density at radius 2 is 2.00 bits per heavy atom. The van der Waals surface area contributed by atoms with Gasteiger partial charge in [0.2, 0.25) is 0 Å². The molecule has 0 spiro atoms.